The molecular weight excluding hydrogens is 441 g/mol. The summed E-state index contributed by atoms with van der Waals surface area (Å²) < 4.78 is 6.30. The molecule has 0 radical (unpaired) electrons. The van der Waals surface area contributed by atoms with Crippen LogP contribution in [0.15, 0.2) is 102 Å². The number of hydrogen-bond acceptors (Lipinski definition) is 3. The van der Waals surface area contributed by atoms with Gasteiger partial charge >= 0.3 is 183 Å². The molecule has 1 amide bonds. The number of carbonyl (C=O) groups is 2. The van der Waals surface area contributed by atoms with Crippen molar-refractivity contribution < 1.29 is 14.3 Å². The van der Waals surface area contributed by atoms with Gasteiger partial charge in [0.15, 0.2) is 0 Å². The second-order valence-electron chi connectivity index (χ2n) is 6.68. The van der Waals surface area contributed by atoms with E-state index in [0.29, 0.717) is 12.0 Å². The molecule has 0 unspecified atom stereocenters. The SMILES string of the molecule is COC(=O)[C@](/C=C/[Se]c1ccccc1)(Cc1ccccc1)NC(=O)c1ccccc1. The van der Waals surface area contributed by atoms with Gasteiger partial charge in [0.05, 0.1) is 0 Å². The molecule has 1 N–H and O–H groups in total. The Morgan fingerprint density at radius 2 is 1.47 bits per heavy atom. The Kier molecular flexibility index (Phi) is 7.61. The third-order valence-electron chi connectivity index (χ3n) is 4.55. The molecule has 1 atom stereocenters. The van der Waals surface area contributed by atoms with Crippen molar-refractivity contribution in [3.8, 4) is 0 Å². The maximum atomic E-state index is 13.0. The van der Waals surface area contributed by atoms with E-state index in [9.17, 15) is 9.59 Å². The van der Waals surface area contributed by atoms with Crippen molar-refractivity contribution >= 4 is 31.3 Å². The van der Waals surface area contributed by atoms with Gasteiger partial charge in [0.2, 0.25) is 0 Å². The Labute approximate surface area is 183 Å². The van der Waals surface area contributed by atoms with Gasteiger partial charge in [-0.15, -0.1) is 0 Å². The number of esters is 1. The first kappa shape index (κ1) is 21.6. The normalized spacial score (nSPS) is 12.8. The van der Waals surface area contributed by atoms with Crippen LogP contribution in [0.3, 0.4) is 0 Å². The topological polar surface area (TPSA) is 55.4 Å². The average Bonchev–Trinajstić information content (AvgIpc) is 2.80. The average molecular weight is 464 g/mol. The molecule has 152 valence electrons. The summed E-state index contributed by atoms with van der Waals surface area (Å²) in [5.41, 5.74) is 0.105. The summed E-state index contributed by atoms with van der Waals surface area (Å²) in [6.45, 7) is 0. The van der Waals surface area contributed by atoms with Crippen molar-refractivity contribution in [3.63, 3.8) is 0 Å². The van der Waals surface area contributed by atoms with Crippen molar-refractivity contribution in [3.05, 3.63) is 113 Å². The molecule has 0 aliphatic heterocycles. The minimum atomic E-state index is -1.31. The number of ether oxygens (including phenoxy) is 1. The predicted molar refractivity (Wildman–Crippen MR) is 120 cm³/mol. The zero-order valence-electron chi connectivity index (χ0n) is 16.7. The fraction of sp³-hybridized carbons (Fsp3) is 0.120. The van der Waals surface area contributed by atoms with Crippen LogP contribution in [-0.2, 0) is 16.0 Å². The maximum absolute atomic E-state index is 13.0. The molecule has 0 aliphatic carbocycles. The van der Waals surface area contributed by atoms with Gasteiger partial charge in [-0.25, -0.2) is 0 Å². The van der Waals surface area contributed by atoms with Crippen LogP contribution in [0.5, 0.6) is 0 Å². The Balaban J connectivity index is 1.94. The van der Waals surface area contributed by atoms with E-state index in [4.69, 9.17) is 4.74 Å². The minimum absolute atomic E-state index is 0.00862. The van der Waals surface area contributed by atoms with Crippen LogP contribution in [0.25, 0.3) is 0 Å². The molecule has 3 aromatic rings. The van der Waals surface area contributed by atoms with E-state index in [1.807, 2.05) is 71.7 Å². The summed E-state index contributed by atoms with van der Waals surface area (Å²) in [4.78, 5) is 27.9. The first-order valence-electron chi connectivity index (χ1n) is 9.52. The molecule has 5 heteroatoms. The zero-order valence-corrected chi connectivity index (χ0v) is 18.4. The molecule has 3 aromatic carbocycles. The number of carbonyl (C=O) groups excluding carboxylic acids is 2. The van der Waals surface area contributed by atoms with Crippen LogP contribution < -0.4 is 9.78 Å². The van der Waals surface area contributed by atoms with E-state index < -0.39 is 11.5 Å². The molecule has 0 fully saturated rings. The van der Waals surface area contributed by atoms with Crippen LogP contribution in [0.4, 0.5) is 0 Å². The fourth-order valence-electron chi connectivity index (χ4n) is 3.03. The molecular formula is C25H23NO3Se. The van der Waals surface area contributed by atoms with Crippen molar-refractivity contribution in [2.45, 2.75) is 12.0 Å². The molecule has 0 bridgehead atoms. The first-order valence-corrected chi connectivity index (χ1v) is 11.4. The van der Waals surface area contributed by atoms with Gasteiger partial charge in [-0.1, -0.05) is 0 Å². The predicted octanol–water partition coefficient (Wildman–Crippen LogP) is 3.11. The van der Waals surface area contributed by atoms with Crippen LogP contribution in [-0.4, -0.2) is 39.5 Å². The molecule has 0 heterocycles. The second kappa shape index (κ2) is 10.6. The molecule has 0 saturated heterocycles. The van der Waals surface area contributed by atoms with Crippen molar-refractivity contribution in [1.29, 1.82) is 0 Å². The third kappa shape index (κ3) is 5.69. The molecule has 30 heavy (non-hydrogen) atoms. The number of hydrogen-bond donors (Lipinski definition) is 1. The van der Waals surface area contributed by atoms with Crippen molar-refractivity contribution in [1.82, 2.24) is 5.32 Å². The Hall–Kier alpha value is -3.14. The third-order valence-corrected chi connectivity index (χ3v) is 6.26. The quantitative estimate of drug-likeness (QED) is 0.412. The Morgan fingerprint density at radius 1 is 0.900 bits per heavy atom. The van der Waals surface area contributed by atoms with E-state index in [-0.39, 0.29) is 20.9 Å². The van der Waals surface area contributed by atoms with Crippen LogP contribution in [0.2, 0.25) is 0 Å². The zero-order chi connectivity index (χ0) is 21.2. The van der Waals surface area contributed by atoms with E-state index in [2.05, 4.69) is 5.32 Å². The van der Waals surface area contributed by atoms with Crippen LogP contribution in [0.1, 0.15) is 15.9 Å². The summed E-state index contributed by atoms with van der Waals surface area (Å²) in [7, 11) is 1.34. The molecule has 0 aliphatic rings. The van der Waals surface area contributed by atoms with Gasteiger partial charge in [0, 0.05) is 0 Å². The van der Waals surface area contributed by atoms with E-state index in [1.165, 1.54) is 11.6 Å². The summed E-state index contributed by atoms with van der Waals surface area (Å²) in [5, 5.41) is 2.94. The molecule has 4 nitrogen and oxygen atoms in total. The Bertz CT molecular complexity index is 991. The first-order chi connectivity index (χ1) is 14.6. The van der Waals surface area contributed by atoms with Gasteiger partial charge in [0.1, 0.15) is 0 Å². The standard InChI is InChI=1S/C25H23NO3Se/c1-29-24(28)25(19-20-11-5-2-6-12-20,17-18-30-22-15-9-4-10-16-22)26-23(27)21-13-7-3-8-14-21/h2-18H,19H2,1H3,(H,26,27)/b18-17+/t25-/m0/s1. The van der Waals surface area contributed by atoms with Gasteiger partial charge in [-0.3, -0.25) is 0 Å². The number of methoxy groups -OCH3 is 1. The van der Waals surface area contributed by atoms with Gasteiger partial charge in [-0.05, 0) is 0 Å². The molecule has 0 saturated carbocycles. The van der Waals surface area contributed by atoms with Crippen molar-refractivity contribution in [2.24, 2.45) is 0 Å². The molecule has 0 aromatic heterocycles. The van der Waals surface area contributed by atoms with Crippen LogP contribution in [0, 0.1) is 0 Å². The van der Waals surface area contributed by atoms with E-state index >= 15 is 0 Å². The Morgan fingerprint density at radius 3 is 2.07 bits per heavy atom. The monoisotopic (exact) mass is 465 g/mol. The van der Waals surface area contributed by atoms with Gasteiger partial charge in [-0.2, -0.15) is 0 Å². The number of amides is 1. The summed E-state index contributed by atoms with van der Waals surface area (Å²) in [6, 6.07) is 28.5. The number of benzene rings is 3. The number of nitrogens with one attached hydrogen (secondary N) is 1. The summed E-state index contributed by atoms with van der Waals surface area (Å²) in [6.07, 6.45) is 2.07. The molecule has 0 spiro atoms. The summed E-state index contributed by atoms with van der Waals surface area (Å²) >= 11 is 0.00862. The van der Waals surface area contributed by atoms with Gasteiger partial charge in [0.25, 0.3) is 0 Å². The van der Waals surface area contributed by atoms with E-state index in [0.717, 1.165) is 5.56 Å². The van der Waals surface area contributed by atoms with E-state index in [1.54, 1.807) is 30.3 Å². The van der Waals surface area contributed by atoms with Crippen molar-refractivity contribution in [2.75, 3.05) is 7.11 Å². The van der Waals surface area contributed by atoms with Gasteiger partial charge < -0.3 is 0 Å². The summed E-state index contributed by atoms with van der Waals surface area (Å²) in [5.74, 6) is -0.829. The molecule has 3 rings (SSSR count). The second-order valence-corrected chi connectivity index (χ2v) is 8.73. The van der Waals surface area contributed by atoms with Crippen LogP contribution >= 0.6 is 0 Å². The number of rotatable bonds is 8. The fourth-order valence-corrected chi connectivity index (χ4v) is 4.65.